The molecule has 2 N–H and O–H groups in total. The summed E-state index contributed by atoms with van der Waals surface area (Å²) in [6.45, 7) is 0.985. The van der Waals surface area contributed by atoms with Crippen molar-refractivity contribution in [2.24, 2.45) is 5.92 Å². The van der Waals surface area contributed by atoms with Gasteiger partial charge in [0, 0.05) is 0 Å². The van der Waals surface area contributed by atoms with Crippen molar-refractivity contribution in [3.05, 3.63) is 35.4 Å². The average Bonchev–Trinajstić information content (AvgIpc) is 2.91. The van der Waals surface area contributed by atoms with Gasteiger partial charge >= 0.3 is 0 Å². The summed E-state index contributed by atoms with van der Waals surface area (Å²) in [5.41, 5.74) is 2.71. The van der Waals surface area contributed by atoms with Crippen LogP contribution in [-0.4, -0.2) is 29.3 Å². The molecule has 3 rings (SSSR count). The molecule has 2 aliphatic rings. The van der Waals surface area contributed by atoms with Crippen molar-refractivity contribution < 1.29 is 5.11 Å². The van der Waals surface area contributed by atoms with Gasteiger partial charge in [-0.1, -0.05) is 24.3 Å². The first-order valence-corrected chi connectivity index (χ1v) is 7.59. The van der Waals surface area contributed by atoms with Crippen molar-refractivity contribution in [2.45, 2.75) is 25.0 Å². The maximum atomic E-state index is 10.5. The first-order chi connectivity index (χ1) is 8.36. The molecule has 3 atom stereocenters. The highest BCUT2D eigenvalue weighted by molar-refractivity contribution is 7.99. The van der Waals surface area contributed by atoms with Gasteiger partial charge in [-0.2, -0.15) is 11.8 Å². The fraction of sp³-hybridized carbons (Fsp3) is 0.571. The zero-order chi connectivity index (χ0) is 11.7. The Bertz CT molecular complexity index is 390. The van der Waals surface area contributed by atoms with Gasteiger partial charge in [0.05, 0.1) is 12.1 Å². The molecule has 3 unspecified atom stereocenters. The van der Waals surface area contributed by atoms with Gasteiger partial charge in [0.1, 0.15) is 0 Å². The van der Waals surface area contributed by atoms with Gasteiger partial charge in [-0.05, 0) is 47.9 Å². The third kappa shape index (κ3) is 2.24. The number of benzene rings is 1. The maximum absolute atomic E-state index is 10.5. The predicted octanol–water partition coefficient (Wildman–Crippen LogP) is 1.99. The number of rotatable bonds is 2. The van der Waals surface area contributed by atoms with E-state index in [0.29, 0.717) is 5.92 Å². The molecule has 0 aliphatic carbocycles. The standard InChI is InChI=1S/C14H19NOS/c16-14(11-6-8-17-9-11)13-12-4-2-1-3-10(12)5-7-15-13/h1-4,11,13-16H,5-9H2. The van der Waals surface area contributed by atoms with E-state index in [9.17, 15) is 5.11 Å². The fourth-order valence-corrected chi connectivity index (χ4v) is 4.24. The molecule has 1 saturated heterocycles. The molecule has 3 heteroatoms. The Morgan fingerprint density at radius 1 is 1.35 bits per heavy atom. The van der Waals surface area contributed by atoms with Crippen LogP contribution in [0.4, 0.5) is 0 Å². The second-order valence-corrected chi connectivity index (χ2v) is 6.14. The van der Waals surface area contributed by atoms with Gasteiger partial charge in [-0.3, -0.25) is 0 Å². The Morgan fingerprint density at radius 3 is 3.06 bits per heavy atom. The zero-order valence-corrected chi connectivity index (χ0v) is 10.7. The van der Waals surface area contributed by atoms with Crippen LogP contribution in [0, 0.1) is 5.92 Å². The molecule has 1 aromatic carbocycles. The number of fused-ring (bicyclic) bond motifs is 1. The Hall–Kier alpha value is -0.510. The van der Waals surface area contributed by atoms with Crippen LogP contribution in [0.1, 0.15) is 23.6 Å². The molecule has 0 radical (unpaired) electrons. The zero-order valence-electron chi connectivity index (χ0n) is 9.93. The summed E-state index contributed by atoms with van der Waals surface area (Å²) in [7, 11) is 0. The first kappa shape index (κ1) is 11.6. The molecule has 92 valence electrons. The first-order valence-electron chi connectivity index (χ1n) is 6.43. The Morgan fingerprint density at radius 2 is 2.24 bits per heavy atom. The molecule has 1 aromatic rings. The summed E-state index contributed by atoms with van der Waals surface area (Å²) in [6.07, 6.45) is 2.01. The van der Waals surface area contributed by atoms with Crippen LogP contribution in [-0.2, 0) is 6.42 Å². The molecule has 2 aliphatic heterocycles. The third-order valence-electron chi connectivity index (χ3n) is 3.94. The van der Waals surface area contributed by atoms with E-state index in [4.69, 9.17) is 0 Å². The molecule has 17 heavy (non-hydrogen) atoms. The highest BCUT2D eigenvalue weighted by Gasteiger charge is 2.33. The van der Waals surface area contributed by atoms with Crippen LogP contribution in [0.5, 0.6) is 0 Å². The monoisotopic (exact) mass is 249 g/mol. The van der Waals surface area contributed by atoms with Crippen molar-refractivity contribution >= 4 is 11.8 Å². The van der Waals surface area contributed by atoms with Gasteiger partial charge in [0.25, 0.3) is 0 Å². The minimum atomic E-state index is -0.230. The average molecular weight is 249 g/mol. The van der Waals surface area contributed by atoms with Crippen LogP contribution in [0.25, 0.3) is 0 Å². The SMILES string of the molecule is OC(C1CCSC1)C1NCCc2ccccc21. The summed E-state index contributed by atoms with van der Waals surface area (Å²) < 4.78 is 0. The lowest BCUT2D eigenvalue weighted by atomic mass is 9.86. The van der Waals surface area contributed by atoms with E-state index in [1.807, 2.05) is 11.8 Å². The number of aliphatic hydroxyl groups excluding tert-OH is 1. The number of nitrogens with one attached hydrogen (secondary N) is 1. The van der Waals surface area contributed by atoms with Crippen LogP contribution in [0.15, 0.2) is 24.3 Å². The van der Waals surface area contributed by atoms with Gasteiger partial charge in [0.2, 0.25) is 0 Å². The predicted molar refractivity (Wildman–Crippen MR) is 72.3 cm³/mol. The molecule has 2 heterocycles. The lowest BCUT2D eigenvalue weighted by Crippen LogP contribution is -2.41. The molecular formula is C14H19NOS. The van der Waals surface area contributed by atoms with Crippen molar-refractivity contribution in [2.75, 3.05) is 18.1 Å². The van der Waals surface area contributed by atoms with Gasteiger partial charge < -0.3 is 10.4 Å². The number of hydrogen-bond acceptors (Lipinski definition) is 3. The van der Waals surface area contributed by atoms with Crippen molar-refractivity contribution in [1.29, 1.82) is 0 Å². The molecular weight excluding hydrogens is 230 g/mol. The topological polar surface area (TPSA) is 32.3 Å². The Kier molecular flexibility index (Phi) is 3.41. The van der Waals surface area contributed by atoms with Crippen LogP contribution < -0.4 is 5.32 Å². The quantitative estimate of drug-likeness (QED) is 0.841. The second-order valence-electron chi connectivity index (χ2n) is 4.99. The van der Waals surface area contributed by atoms with Crippen LogP contribution >= 0.6 is 11.8 Å². The molecule has 0 amide bonds. The molecule has 0 saturated carbocycles. The van der Waals surface area contributed by atoms with Crippen LogP contribution in [0.2, 0.25) is 0 Å². The van der Waals surface area contributed by atoms with Crippen LogP contribution in [0.3, 0.4) is 0 Å². The van der Waals surface area contributed by atoms with Crippen molar-refractivity contribution in [3.8, 4) is 0 Å². The summed E-state index contributed by atoms with van der Waals surface area (Å²) in [5, 5.41) is 14.0. The fourth-order valence-electron chi connectivity index (χ4n) is 2.94. The Balaban J connectivity index is 1.84. The second kappa shape index (κ2) is 5.01. The summed E-state index contributed by atoms with van der Waals surface area (Å²) in [5.74, 6) is 2.78. The van der Waals surface area contributed by atoms with Gasteiger partial charge in [-0.25, -0.2) is 0 Å². The lowest BCUT2D eigenvalue weighted by molar-refractivity contribution is 0.0761. The largest absolute Gasteiger partial charge is 0.391 e. The van der Waals surface area contributed by atoms with Gasteiger partial charge in [-0.15, -0.1) is 0 Å². The minimum absolute atomic E-state index is 0.142. The molecule has 0 aromatic heterocycles. The van der Waals surface area contributed by atoms with E-state index in [1.165, 1.54) is 16.9 Å². The highest BCUT2D eigenvalue weighted by Crippen LogP contribution is 2.34. The number of aliphatic hydroxyl groups is 1. The lowest BCUT2D eigenvalue weighted by Gasteiger charge is -2.33. The molecule has 1 fully saturated rings. The minimum Gasteiger partial charge on any atom is -0.391 e. The van der Waals surface area contributed by atoms with Gasteiger partial charge in [0.15, 0.2) is 0 Å². The third-order valence-corrected chi connectivity index (χ3v) is 5.13. The van der Waals surface area contributed by atoms with E-state index >= 15 is 0 Å². The molecule has 0 spiro atoms. The summed E-state index contributed by atoms with van der Waals surface area (Å²) >= 11 is 1.97. The van der Waals surface area contributed by atoms with E-state index in [1.54, 1.807) is 0 Å². The Labute approximate surface area is 107 Å². The van der Waals surface area contributed by atoms with E-state index < -0.39 is 0 Å². The maximum Gasteiger partial charge on any atom is 0.0771 e. The van der Waals surface area contributed by atoms with E-state index in [0.717, 1.165) is 25.1 Å². The molecule has 0 bridgehead atoms. The smallest absolute Gasteiger partial charge is 0.0771 e. The summed E-state index contributed by atoms with van der Waals surface area (Å²) in [4.78, 5) is 0. The highest BCUT2D eigenvalue weighted by atomic mass is 32.2. The number of thioether (sulfide) groups is 1. The van der Waals surface area contributed by atoms with Crippen molar-refractivity contribution in [3.63, 3.8) is 0 Å². The van der Waals surface area contributed by atoms with Crippen molar-refractivity contribution in [1.82, 2.24) is 5.32 Å². The van der Waals surface area contributed by atoms with E-state index in [-0.39, 0.29) is 12.1 Å². The summed E-state index contributed by atoms with van der Waals surface area (Å²) in [6, 6.07) is 8.67. The molecule has 2 nitrogen and oxygen atoms in total. The normalized spacial score (nSPS) is 29.9. The van der Waals surface area contributed by atoms with E-state index in [2.05, 4.69) is 29.6 Å². The number of hydrogen-bond donors (Lipinski definition) is 2.